The first-order valence-corrected chi connectivity index (χ1v) is 4.18. The van der Waals surface area contributed by atoms with E-state index in [1.165, 1.54) is 5.56 Å². The number of rotatable bonds is 1. The Labute approximate surface area is 96.3 Å². The molecule has 0 radical (unpaired) electrons. The molecule has 2 rings (SSSR count). The van der Waals surface area contributed by atoms with E-state index in [9.17, 15) is 0 Å². The summed E-state index contributed by atoms with van der Waals surface area (Å²) in [7, 11) is 0. The molecule has 0 spiro atoms. The first-order valence-electron chi connectivity index (χ1n) is 4.18. The van der Waals surface area contributed by atoms with Gasteiger partial charge in [0.2, 0.25) is 0 Å². The van der Waals surface area contributed by atoms with Gasteiger partial charge in [0.25, 0.3) is 0 Å². The van der Waals surface area contributed by atoms with Crippen molar-refractivity contribution in [2.45, 2.75) is 6.17 Å². The van der Waals surface area contributed by atoms with Gasteiger partial charge >= 0.3 is 0 Å². The van der Waals surface area contributed by atoms with E-state index in [1.807, 2.05) is 18.2 Å². The molecule has 4 N–H and O–H groups in total. The molecular formula is C9H15Cl2N3. The summed E-state index contributed by atoms with van der Waals surface area (Å²) in [5, 5.41) is 6.67. The highest BCUT2D eigenvalue weighted by Gasteiger charge is 2.14. The van der Waals surface area contributed by atoms with Crippen LogP contribution < -0.4 is 16.4 Å². The molecule has 14 heavy (non-hydrogen) atoms. The summed E-state index contributed by atoms with van der Waals surface area (Å²) in [5.41, 5.74) is 7.71. The number of halogens is 2. The molecule has 1 aliphatic heterocycles. The number of hydrogen-bond acceptors (Lipinski definition) is 3. The summed E-state index contributed by atoms with van der Waals surface area (Å²) in [6, 6.07) is 7.95. The van der Waals surface area contributed by atoms with E-state index < -0.39 is 0 Å². The minimum absolute atomic E-state index is 0. The average Bonchev–Trinajstić information content (AvgIpc) is 2.56. The zero-order chi connectivity index (χ0) is 8.39. The fourth-order valence-corrected chi connectivity index (χ4v) is 1.48. The van der Waals surface area contributed by atoms with Gasteiger partial charge in [-0.25, -0.2) is 0 Å². The van der Waals surface area contributed by atoms with E-state index in [0.29, 0.717) is 0 Å². The molecule has 0 saturated carbocycles. The fraction of sp³-hybridized carbons (Fsp3) is 0.333. The third-order valence-electron chi connectivity index (χ3n) is 2.07. The highest BCUT2D eigenvalue weighted by molar-refractivity contribution is 5.85. The smallest absolute Gasteiger partial charge is 0.0837 e. The Bertz CT molecular complexity index is 275. The van der Waals surface area contributed by atoms with Crippen molar-refractivity contribution in [1.82, 2.24) is 10.6 Å². The Morgan fingerprint density at radius 3 is 2.36 bits per heavy atom. The third-order valence-corrected chi connectivity index (χ3v) is 2.07. The lowest BCUT2D eigenvalue weighted by atomic mass is 10.1. The van der Waals surface area contributed by atoms with Crippen molar-refractivity contribution >= 4 is 30.5 Å². The molecule has 1 aromatic rings. The maximum absolute atomic E-state index is 5.67. The van der Waals surface area contributed by atoms with Gasteiger partial charge in [-0.05, 0) is 17.7 Å². The van der Waals surface area contributed by atoms with E-state index in [2.05, 4.69) is 16.7 Å². The van der Waals surface area contributed by atoms with Crippen molar-refractivity contribution in [3.63, 3.8) is 0 Å². The van der Waals surface area contributed by atoms with Crippen molar-refractivity contribution in [2.75, 3.05) is 18.8 Å². The van der Waals surface area contributed by atoms with Crippen molar-refractivity contribution in [3.8, 4) is 0 Å². The van der Waals surface area contributed by atoms with E-state index in [0.717, 1.165) is 18.8 Å². The molecule has 0 atom stereocenters. The van der Waals surface area contributed by atoms with Crippen LogP contribution in [0.4, 0.5) is 5.69 Å². The molecule has 3 nitrogen and oxygen atoms in total. The van der Waals surface area contributed by atoms with Crippen LogP contribution in [0.5, 0.6) is 0 Å². The number of nitrogens with two attached hydrogens (primary N) is 1. The Morgan fingerprint density at radius 2 is 1.79 bits per heavy atom. The summed E-state index contributed by atoms with van der Waals surface area (Å²) < 4.78 is 0. The maximum atomic E-state index is 5.67. The lowest BCUT2D eigenvalue weighted by Crippen LogP contribution is -2.21. The van der Waals surface area contributed by atoms with Crippen molar-refractivity contribution in [2.24, 2.45) is 0 Å². The lowest BCUT2D eigenvalue weighted by Gasteiger charge is -2.11. The Hall–Kier alpha value is -0.480. The van der Waals surface area contributed by atoms with Crippen LogP contribution in [0, 0.1) is 0 Å². The fourth-order valence-electron chi connectivity index (χ4n) is 1.48. The molecule has 1 aromatic carbocycles. The number of hydrogen-bond donors (Lipinski definition) is 3. The van der Waals surface area contributed by atoms with Gasteiger partial charge in [0.1, 0.15) is 0 Å². The van der Waals surface area contributed by atoms with Crippen LogP contribution in [0.15, 0.2) is 24.3 Å². The van der Waals surface area contributed by atoms with Crippen LogP contribution in [-0.2, 0) is 0 Å². The summed E-state index contributed by atoms with van der Waals surface area (Å²) >= 11 is 0. The van der Waals surface area contributed by atoms with E-state index in [-0.39, 0.29) is 31.0 Å². The van der Waals surface area contributed by atoms with Gasteiger partial charge in [0.15, 0.2) is 0 Å². The number of benzene rings is 1. The van der Waals surface area contributed by atoms with Crippen LogP contribution in [0.2, 0.25) is 0 Å². The third kappa shape index (κ3) is 3.03. The monoisotopic (exact) mass is 235 g/mol. The Kier molecular flexibility index (Phi) is 5.88. The van der Waals surface area contributed by atoms with Gasteiger partial charge < -0.3 is 5.73 Å². The number of nitrogens with one attached hydrogen (secondary N) is 2. The van der Waals surface area contributed by atoms with Gasteiger partial charge in [0.05, 0.1) is 6.17 Å². The zero-order valence-electron chi connectivity index (χ0n) is 7.69. The standard InChI is InChI=1S/C9H13N3.2ClH/c10-8-3-1-2-7(6-8)9-11-4-5-12-9;;/h1-3,6,9,11-12H,4-5,10H2;2*1H. The second-order valence-electron chi connectivity index (χ2n) is 3.01. The lowest BCUT2D eigenvalue weighted by molar-refractivity contribution is 0.588. The van der Waals surface area contributed by atoms with Crippen LogP contribution in [0.3, 0.4) is 0 Å². The van der Waals surface area contributed by atoms with Gasteiger partial charge in [-0.2, -0.15) is 0 Å². The normalized spacial score (nSPS) is 15.7. The predicted octanol–water partition coefficient (Wildman–Crippen LogP) is 1.30. The molecule has 0 aliphatic carbocycles. The summed E-state index contributed by atoms with van der Waals surface area (Å²) in [6.45, 7) is 2.05. The summed E-state index contributed by atoms with van der Waals surface area (Å²) in [6.07, 6.45) is 0.286. The van der Waals surface area contributed by atoms with E-state index in [4.69, 9.17) is 5.73 Å². The van der Waals surface area contributed by atoms with Gasteiger partial charge in [-0.3, -0.25) is 10.6 Å². The molecule has 0 aromatic heterocycles. The molecule has 0 bridgehead atoms. The quantitative estimate of drug-likeness (QED) is 0.644. The molecule has 0 unspecified atom stereocenters. The summed E-state index contributed by atoms with van der Waals surface area (Å²) in [4.78, 5) is 0. The maximum Gasteiger partial charge on any atom is 0.0837 e. The SMILES string of the molecule is Cl.Cl.Nc1cccc(C2NCCN2)c1. The van der Waals surface area contributed by atoms with Crippen LogP contribution in [0.1, 0.15) is 11.7 Å². The largest absolute Gasteiger partial charge is 0.399 e. The molecule has 1 heterocycles. The highest BCUT2D eigenvalue weighted by atomic mass is 35.5. The molecule has 5 heteroatoms. The van der Waals surface area contributed by atoms with Crippen LogP contribution >= 0.6 is 24.8 Å². The first kappa shape index (κ1) is 13.5. The van der Waals surface area contributed by atoms with Crippen molar-refractivity contribution in [3.05, 3.63) is 29.8 Å². The van der Waals surface area contributed by atoms with Crippen molar-refractivity contribution < 1.29 is 0 Å². The molecule has 0 amide bonds. The number of anilines is 1. The van der Waals surface area contributed by atoms with Gasteiger partial charge in [-0.1, -0.05) is 12.1 Å². The number of nitrogen functional groups attached to an aromatic ring is 1. The van der Waals surface area contributed by atoms with E-state index >= 15 is 0 Å². The topological polar surface area (TPSA) is 50.1 Å². The molecule has 1 aliphatic rings. The second-order valence-corrected chi connectivity index (χ2v) is 3.01. The van der Waals surface area contributed by atoms with Gasteiger partial charge in [0, 0.05) is 18.8 Å². The highest BCUT2D eigenvalue weighted by Crippen LogP contribution is 2.14. The molecule has 1 saturated heterocycles. The van der Waals surface area contributed by atoms with E-state index in [1.54, 1.807) is 0 Å². The minimum Gasteiger partial charge on any atom is -0.399 e. The molecule has 80 valence electrons. The average molecular weight is 236 g/mol. The second kappa shape index (κ2) is 6.09. The summed E-state index contributed by atoms with van der Waals surface area (Å²) in [5.74, 6) is 0. The molecule has 1 fully saturated rings. The van der Waals surface area contributed by atoms with Crippen molar-refractivity contribution in [1.29, 1.82) is 0 Å². The first-order chi connectivity index (χ1) is 5.86. The minimum atomic E-state index is 0. The van der Waals surface area contributed by atoms with Crippen LogP contribution in [-0.4, -0.2) is 13.1 Å². The van der Waals surface area contributed by atoms with Gasteiger partial charge in [-0.15, -0.1) is 24.8 Å². The van der Waals surface area contributed by atoms with Crippen LogP contribution in [0.25, 0.3) is 0 Å². The predicted molar refractivity (Wildman–Crippen MR) is 64.1 cm³/mol. The Morgan fingerprint density at radius 1 is 1.14 bits per heavy atom. The molecular weight excluding hydrogens is 221 g/mol. The zero-order valence-corrected chi connectivity index (χ0v) is 9.33. The Balaban J connectivity index is 0.000000845.